The van der Waals surface area contributed by atoms with Gasteiger partial charge in [-0.2, -0.15) is 0 Å². The molecule has 31 heavy (non-hydrogen) atoms. The van der Waals surface area contributed by atoms with Crippen molar-refractivity contribution in [3.8, 4) is 0 Å². The van der Waals surface area contributed by atoms with Gasteiger partial charge in [0.2, 0.25) is 5.91 Å². The van der Waals surface area contributed by atoms with Crippen LogP contribution in [0.15, 0.2) is 78.9 Å². The van der Waals surface area contributed by atoms with Gasteiger partial charge in [-0.1, -0.05) is 43.3 Å². The van der Waals surface area contributed by atoms with Crippen molar-refractivity contribution in [1.82, 2.24) is 0 Å². The predicted molar refractivity (Wildman–Crippen MR) is 125 cm³/mol. The molecule has 1 aliphatic heterocycles. The number of nitrogens with two attached hydrogens (primary N) is 1. The summed E-state index contributed by atoms with van der Waals surface area (Å²) in [6.07, 6.45) is 1.06. The average molecular weight is 414 g/mol. The summed E-state index contributed by atoms with van der Waals surface area (Å²) < 4.78 is 0. The van der Waals surface area contributed by atoms with E-state index in [1.54, 1.807) is 24.3 Å². The number of para-hydroxylation sites is 2. The Morgan fingerprint density at radius 3 is 2.29 bits per heavy atom. The minimum Gasteiger partial charge on any atom is -0.399 e. The maximum Gasteiger partial charge on any atom is 0.258 e. The molecule has 4 rings (SSSR count). The molecule has 0 radical (unpaired) electrons. The third-order valence-corrected chi connectivity index (χ3v) is 5.85. The quantitative estimate of drug-likeness (QED) is 0.599. The largest absolute Gasteiger partial charge is 0.399 e. The molecule has 0 bridgehead atoms. The number of benzene rings is 3. The van der Waals surface area contributed by atoms with Crippen molar-refractivity contribution in [3.63, 3.8) is 0 Å². The lowest BCUT2D eigenvalue weighted by atomic mass is 9.89. The van der Waals surface area contributed by atoms with Crippen LogP contribution in [0.4, 0.5) is 17.1 Å². The van der Waals surface area contributed by atoms with E-state index in [9.17, 15) is 9.59 Å². The van der Waals surface area contributed by atoms with Gasteiger partial charge in [-0.05, 0) is 61.4 Å². The van der Waals surface area contributed by atoms with Gasteiger partial charge in [0.05, 0.1) is 6.04 Å². The molecule has 3 aromatic carbocycles. The van der Waals surface area contributed by atoms with Gasteiger partial charge in [-0.15, -0.1) is 0 Å². The number of amides is 2. The Labute approximate surface area is 183 Å². The monoisotopic (exact) mass is 413 g/mol. The molecule has 0 aliphatic carbocycles. The van der Waals surface area contributed by atoms with Crippen LogP contribution < -0.4 is 15.5 Å². The van der Waals surface area contributed by atoms with Gasteiger partial charge in [0.1, 0.15) is 0 Å². The zero-order chi connectivity index (χ0) is 22.0. The number of anilines is 3. The van der Waals surface area contributed by atoms with E-state index < -0.39 is 0 Å². The Morgan fingerprint density at radius 2 is 1.61 bits per heavy atom. The van der Waals surface area contributed by atoms with Crippen molar-refractivity contribution in [2.45, 2.75) is 38.8 Å². The number of nitrogen functional groups attached to an aromatic ring is 1. The molecular formula is C26H27N3O2. The minimum atomic E-state index is -0.142. The smallest absolute Gasteiger partial charge is 0.258 e. The molecule has 5 heteroatoms. The number of hydrogen-bond acceptors (Lipinski definition) is 3. The SMILES string of the molecule is CCC(=O)N(c1ccccc1)[C@H]1CC(C)N(C(=O)c2ccc(N)cc2)c2ccccc21. The van der Waals surface area contributed by atoms with Crippen LogP contribution in [0, 0.1) is 0 Å². The van der Waals surface area contributed by atoms with Gasteiger partial charge in [0, 0.05) is 35.1 Å². The van der Waals surface area contributed by atoms with Crippen LogP contribution >= 0.6 is 0 Å². The topological polar surface area (TPSA) is 66.6 Å². The predicted octanol–water partition coefficient (Wildman–Crippen LogP) is 5.19. The molecule has 0 fully saturated rings. The van der Waals surface area contributed by atoms with Crippen LogP contribution in [0.3, 0.4) is 0 Å². The molecule has 158 valence electrons. The van der Waals surface area contributed by atoms with E-state index in [1.165, 1.54) is 0 Å². The molecule has 0 saturated heterocycles. The van der Waals surface area contributed by atoms with Gasteiger partial charge in [0.15, 0.2) is 0 Å². The lowest BCUT2D eigenvalue weighted by Gasteiger charge is -2.43. The molecule has 1 unspecified atom stereocenters. The molecule has 0 spiro atoms. The highest BCUT2D eigenvalue weighted by molar-refractivity contribution is 6.07. The van der Waals surface area contributed by atoms with Gasteiger partial charge < -0.3 is 15.5 Å². The lowest BCUT2D eigenvalue weighted by Crippen LogP contribution is -2.47. The first-order valence-electron chi connectivity index (χ1n) is 10.7. The van der Waals surface area contributed by atoms with Crippen LogP contribution in [0.25, 0.3) is 0 Å². The summed E-state index contributed by atoms with van der Waals surface area (Å²) in [5, 5.41) is 0. The Hall–Kier alpha value is -3.60. The first kappa shape index (κ1) is 20.7. The van der Waals surface area contributed by atoms with E-state index in [4.69, 9.17) is 5.73 Å². The maximum absolute atomic E-state index is 13.4. The molecule has 2 atom stereocenters. The van der Waals surface area contributed by atoms with E-state index in [2.05, 4.69) is 0 Å². The van der Waals surface area contributed by atoms with Crippen molar-refractivity contribution < 1.29 is 9.59 Å². The standard InChI is InChI=1S/C26H27N3O2/c1-3-25(30)29(21-9-5-4-6-10-21)24-17-18(2)28(23-12-8-7-11-22(23)24)26(31)19-13-15-20(27)16-14-19/h4-16,18,24H,3,17,27H2,1-2H3/t18?,24-/m0/s1. The molecule has 5 nitrogen and oxygen atoms in total. The van der Waals surface area contributed by atoms with Crippen molar-refractivity contribution >= 4 is 28.9 Å². The van der Waals surface area contributed by atoms with E-state index in [1.807, 2.05) is 78.2 Å². The summed E-state index contributed by atoms with van der Waals surface area (Å²) in [7, 11) is 0. The fourth-order valence-electron chi connectivity index (χ4n) is 4.36. The highest BCUT2D eigenvalue weighted by Gasteiger charge is 2.38. The molecule has 1 aliphatic rings. The molecule has 2 amide bonds. The van der Waals surface area contributed by atoms with Gasteiger partial charge in [0.25, 0.3) is 5.91 Å². The fraction of sp³-hybridized carbons (Fsp3) is 0.231. The summed E-state index contributed by atoms with van der Waals surface area (Å²) in [5.41, 5.74) is 9.72. The second-order valence-corrected chi connectivity index (χ2v) is 7.91. The maximum atomic E-state index is 13.4. The zero-order valence-corrected chi connectivity index (χ0v) is 17.9. The summed E-state index contributed by atoms with van der Waals surface area (Å²) >= 11 is 0. The highest BCUT2D eigenvalue weighted by Crippen LogP contribution is 2.42. The summed E-state index contributed by atoms with van der Waals surface area (Å²) in [6.45, 7) is 3.92. The fourth-order valence-corrected chi connectivity index (χ4v) is 4.36. The average Bonchev–Trinajstić information content (AvgIpc) is 2.80. The van der Waals surface area contributed by atoms with Gasteiger partial charge >= 0.3 is 0 Å². The first-order chi connectivity index (χ1) is 15.0. The van der Waals surface area contributed by atoms with Crippen molar-refractivity contribution in [2.75, 3.05) is 15.5 Å². The molecule has 1 heterocycles. The van der Waals surface area contributed by atoms with Crippen LogP contribution in [0.1, 0.15) is 48.7 Å². The number of carbonyl (C=O) groups excluding carboxylic acids is 2. The van der Waals surface area contributed by atoms with E-state index in [0.717, 1.165) is 16.9 Å². The van der Waals surface area contributed by atoms with Crippen LogP contribution in [0.2, 0.25) is 0 Å². The minimum absolute atomic E-state index is 0.0634. The number of carbonyl (C=O) groups is 2. The molecule has 2 N–H and O–H groups in total. The molecule has 3 aromatic rings. The van der Waals surface area contributed by atoms with Crippen molar-refractivity contribution in [3.05, 3.63) is 90.0 Å². The summed E-state index contributed by atoms with van der Waals surface area (Å²) in [5.74, 6) is 0.00277. The Balaban J connectivity index is 1.78. The number of nitrogens with zero attached hydrogens (tertiary/aromatic N) is 2. The number of rotatable bonds is 4. The summed E-state index contributed by atoms with van der Waals surface area (Å²) in [4.78, 5) is 30.2. The van der Waals surface area contributed by atoms with Crippen LogP contribution in [-0.2, 0) is 4.79 Å². The summed E-state index contributed by atoms with van der Waals surface area (Å²) in [6, 6.07) is 24.4. The number of hydrogen-bond donors (Lipinski definition) is 1. The Bertz CT molecular complexity index is 1080. The molecular weight excluding hydrogens is 386 g/mol. The zero-order valence-electron chi connectivity index (χ0n) is 17.9. The van der Waals surface area contributed by atoms with E-state index in [0.29, 0.717) is 24.1 Å². The van der Waals surface area contributed by atoms with Gasteiger partial charge in [-0.25, -0.2) is 0 Å². The third kappa shape index (κ3) is 3.91. The van der Waals surface area contributed by atoms with Crippen LogP contribution in [-0.4, -0.2) is 17.9 Å². The van der Waals surface area contributed by atoms with Crippen molar-refractivity contribution in [1.29, 1.82) is 0 Å². The van der Waals surface area contributed by atoms with E-state index >= 15 is 0 Å². The Morgan fingerprint density at radius 1 is 0.968 bits per heavy atom. The molecule has 0 aromatic heterocycles. The van der Waals surface area contributed by atoms with Crippen LogP contribution in [0.5, 0.6) is 0 Å². The Kier molecular flexibility index (Phi) is 5.76. The first-order valence-corrected chi connectivity index (χ1v) is 10.7. The molecule has 0 saturated carbocycles. The number of fused-ring (bicyclic) bond motifs is 1. The second kappa shape index (κ2) is 8.64. The second-order valence-electron chi connectivity index (χ2n) is 7.91. The van der Waals surface area contributed by atoms with Crippen molar-refractivity contribution in [2.24, 2.45) is 0 Å². The van der Waals surface area contributed by atoms with Gasteiger partial charge in [-0.3, -0.25) is 9.59 Å². The highest BCUT2D eigenvalue weighted by atomic mass is 16.2. The normalized spacial score (nSPS) is 17.7. The lowest BCUT2D eigenvalue weighted by molar-refractivity contribution is -0.118. The third-order valence-electron chi connectivity index (χ3n) is 5.85. The van der Waals surface area contributed by atoms with E-state index in [-0.39, 0.29) is 23.9 Å².